The molecule has 0 aliphatic rings. The van der Waals surface area contributed by atoms with Gasteiger partial charge in [-0.3, -0.25) is 4.98 Å². The summed E-state index contributed by atoms with van der Waals surface area (Å²) in [5.74, 6) is 0.572. The Kier molecular flexibility index (Phi) is 4.87. The fraction of sp³-hybridized carbons (Fsp3) is 0.167. The van der Waals surface area contributed by atoms with E-state index in [9.17, 15) is 0 Å². The predicted molar refractivity (Wildman–Crippen MR) is 62.3 cm³/mol. The molecule has 78 valence electrons. The van der Waals surface area contributed by atoms with Gasteiger partial charge in [0.05, 0.1) is 0 Å². The van der Waals surface area contributed by atoms with Crippen LogP contribution >= 0.6 is 0 Å². The van der Waals surface area contributed by atoms with E-state index in [2.05, 4.69) is 16.9 Å². The molecule has 3 heteroatoms. The number of aromatic nitrogens is 2. The largest absolute Gasteiger partial charge is 0.384 e. The van der Waals surface area contributed by atoms with E-state index >= 15 is 0 Å². The van der Waals surface area contributed by atoms with Gasteiger partial charge in [0.15, 0.2) is 0 Å². The Morgan fingerprint density at radius 2 is 1.80 bits per heavy atom. The fourth-order valence-electron chi connectivity index (χ4n) is 0.994. The Hall–Kier alpha value is -1.90. The molecular formula is C12H15N3. The predicted octanol–water partition coefficient (Wildman–Crippen LogP) is 2.31. The second-order valence-electron chi connectivity index (χ2n) is 2.96. The molecule has 2 rings (SSSR count). The van der Waals surface area contributed by atoms with Gasteiger partial charge in [-0.2, -0.15) is 0 Å². The molecule has 15 heavy (non-hydrogen) atoms. The summed E-state index contributed by atoms with van der Waals surface area (Å²) >= 11 is 0. The Labute approximate surface area is 90.0 Å². The summed E-state index contributed by atoms with van der Waals surface area (Å²) in [6, 6.07) is 9.48. The molecule has 0 fully saturated rings. The Morgan fingerprint density at radius 1 is 1.07 bits per heavy atom. The summed E-state index contributed by atoms with van der Waals surface area (Å²) in [6.45, 7) is 2.13. The first-order chi connectivity index (χ1) is 7.33. The molecule has 0 saturated heterocycles. The molecule has 0 aromatic carbocycles. The maximum Gasteiger partial charge on any atom is 0.123 e. The molecule has 2 aromatic rings. The smallest absolute Gasteiger partial charge is 0.123 e. The highest BCUT2D eigenvalue weighted by Gasteiger charge is 1.80. The van der Waals surface area contributed by atoms with E-state index in [1.165, 1.54) is 5.56 Å². The van der Waals surface area contributed by atoms with Gasteiger partial charge >= 0.3 is 0 Å². The number of nitrogen functional groups attached to an aromatic ring is 1. The normalized spacial score (nSPS) is 8.87. The van der Waals surface area contributed by atoms with Crippen molar-refractivity contribution in [1.82, 2.24) is 9.97 Å². The lowest BCUT2D eigenvalue weighted by atomic mass is 10.2. The van der Waals surface area contributed by atoms with Crippen LogP contribution < -0.4 is 5.73 Å². The lowest BCUT2D eigenvalue weighted by molar-refractivity contribution is 1.12. The van der Waals surface area contributed by atoms with Gasteiger partial charge < -0.3 is 5.73 Å². The van der Waals surface area contributed by atoms with Crippen molar-refractivity contribution in [2.75, 3.05) is 5.73 Å². The van der Waals surface area contributed by atoms with Crippen LogP contribution in [0.3, 0.4) is 0 Å². The number of pyridine rings is 2. The third-order valence-electron chi connectivity index (χ3n) is 1.85. The third-order valence-corrected chi connectivity index (χ3v) is 1.85. The molecule has 0 atom stereocenters. The highest BCUT2D eigenvalue weighted by Crippen LogP contribution is 1.94. The maximum atomic E-state index is 5.25. The number of hydrogen-bond donors (Lipinski definition) is 1. The molecule has 3 nitrogen and oxygen atoms in total. The van der Waals surface area contributed by atoms with Crippen LogP contribution in [0.15, 0.2) is 48.9 Å². The van der Waals surface area contributed by atoms with Gasteiger partial charge in [-0.1, -0.05) is 13.0 Å². The van der Waals surface area contributed by atoms with Gasteiger partial charge in [0.1, 0.15) is 5.82 Å². The zero-order valence-electron chi connectivity index (χ0n) is 8.80. The monoisotopic (exact) mass is 201 g/mol. The van der Waals surface area contributed by atoms with Gasteiger partial charge in [0, 0.05) is 18.6 Å². The van der Waals surface area contributed by atoms with E-state index in [0.717, 1.165) is 6.42 Å². The third kappa shape index (κ3) is 4.76. The summed E-state index contributed by atoms with van der Waals surface area (Å²) in [4.78, 5) is 7.65. The van der Waals surface area contributed by atoms with Crippen molar-refractivity contribution in [3.8, 4) is 0 Å². The molecule has 2 aromatic heterocycles. The van der Waals surface area contributed by atoms with Crippen LogP contribution in [0, 0.1) is 0 Å². The number of nitrogens with two attached hydrogens (primary N) is 1. The molecule has 2 heterocycles. The molecule has 0 aliphatic carbocycles. The molecule has 0 radical (unpaired) electrons. The molecule has 2 N–H and O–H groups in total. The van der Waals surface area contributed by atoms with Gasteiger partial charge in [-0.15, -0.1) is 0 Å². The van der Waals surface area contributed by atoms with Crippen LogP contribution in [0.1, 0.15) is 12.5 Å². The van der Waals surface area contributed by atoms with Gasteiger partial charge in [-0.25, -0.2) is 4.98 Å². The summed E-state index contributed by atoms with van der Waals surface area (Å²) in [7, 11) is 0. The van der Waals surface area contributed by atoms with E-state index in [0.29, 0.717) is 5.82 Å². The van der Waals surface area contributed by atoms with Crippen LogP contribution in [-0.4, -0.2) is 9.97 Å². The number of nitrogens with zero attached hydrogens (tertiary/aromatic N) is 2. The first-order valence-corrected chi connectivity index (χ1v) is 4.88. The van der Waals surface area contributed by atoms with E-state index < -0.39 is 0 Å². The van der Waals surface area contributed by atoms with Crippen LogP contribution in [0.5, 0.6) is 0 Å². The van der Waals surface area contributed by atoms with Crippen molar-refractivity contribution < 1.29 is 0 Å². The minimum Gasteiger partial charge on any atom is -0.384 e. The number of rotatable bonds is 1. The number of aryl methyl sites for hydroxylation is 1. The molecular weight excluding hydrogens is 186 g/mol. The first kappa shape index (κ1) is 11.2. The van der Waals surface area contributed by atoms with Gasteiger partial charge in [-0.05, 0) is 36.2 Å². The topological polar surface area (TPSA) is 51.8 Å². The van der Waals surface area contributed by atoms with E-state index in [1.807, 2.05) is 36.7 Å². The van der Waals surface area contributed by atoms with Crippen molar-refractivity contribution in [2.45, 2.75) is 13.3 Å². The van der Waals surface area contributed by atoms with Crippen molar-refractivity contribution in [1.29, 1.82) is 0 Å². The second kappa shape index (κ2) is 6.54. The highest BCUT2D eigenvalue weighted by molar-refractivity contribution is 5.25. The van der Waals surface area contributed by atoms with E-state index in [1.54, 1.807) is 12.3 Å². The summed E-state index contributed by atoms with van der Waals surface area (Å²) in [6.07, 6.45) is 6.40. The van der Waals surface area contributed by atoms with Crippen molar-refractivity contribution >= 4 is 5.82 Å². The van der Waals surface area contributed by atoms with Crippen LogP contribution in [0.4, 0.5) is 5.82 Å². The van der Waals surface area contributed by atoms with Crippen LogP contribution in [-0.2, 0) is 6.42 Å². The minimum atomic E-state index is 0.572. The molecule has 0 spiro atoms. The van der Waals surface area contributed by atoms with Gasteiger partial charge in [0.2, 0.25) is 0 Å². The number of anilines is 1. The molecule has 0 saturated carbocycles. The SMILES string of the molecule is CCc1ccncc1.Nc1ccccn1. The number of hydrogen-bond acceptors (Lipinski definition) is 3. The Balaban J connectivity index is 0.000000151. The quantitative estimate of drug-likeness (QED) is 0.770. The zero-order chi connectivity index (χ0) is 10.9. The molecule has 0 unspecified atom stereocenters. The standard InChI is InChI=1S/C7H9N.C5H6N2/c1-2-7-3-5-8-6-4-7;6-5-3-1-2-4-7-5/h3-6H,2H2,1H3;1-4H,(H2,6,7). The molecule has 0 bridgehead atoms. The highest BCUT2D eigenvalue weighted by atomic mass is 14.8. The minimum absolute atomic E-state index is 0.572. The van der Waals surface area contributed by atoms with E-state index in [-0.39, 0.29) is 0 Å². The van der Waals surface area contributed by atoms with E-state index in [4.69, 9.17) is 5.73 Å². The zero-order valence-corrected chi connectivity index (χ0v) is 8.80. The lowest BCUT2D eigenvalue weighted by Gasteiger charge is -1.89. The Bertz CT molecular complexity index is 359. The maximum absolute atomic E-state index is 5.25. The first-order valence-electron chi connectivity index (χ1n) is 4.88. The van der Waals surface area contributed by atoms with Crippen LogP contribution in [0.25, 0.3) is 0 Å². The van der Waals surface area contributed by atoms with Crippen molar-refractivity contribution in [3.63, 3.8) is 0 Å². The Morgan fingerprint density at radius 3 is 2.13 bits per heavy atom. The lowest BCUT2D eigenvalue weighted by Crippen LogP contribution is -1.85. The summed E-state index contributed by atoms with van der Waals surface area (Å²) in [5.41, 5.74) is 6.59. The summed E-state index contributed by atoms with van der Waals surface area (Å²) in [5, 5.41) is 0. The molecule has 0 amide bonds. The van der Waals surface area contributed by atoms with Crippen molar-refractivity contribution in [2.24, 2.45) is 0 Å². The average molecular weight is 201 g/mol. The molecule has 0 aliphatic heterocycles. The van der Waals surface area contributed by atoms with Crippen molar-refractivity contribution in [3.05, 3.63) is 54.5 Å². The fourth-order valence-corrected chi connectivity index (χ4v) is 0.994. The summed E-state index contributed by atoms with van der Waals surface area (Å²) < 4.78 is 0. The average Bonchev–Trinajstić information content (AvgIpc) is 2.32. The second-order valence-corrected chi connectivity index (χ2v) is 2.96. The van der Waals surface area contributed by atoms with Crippen LogP contribution in [0.2, 0.25) is 0 Å². The van der Waals surface area contributed by atoms with Gasteiger partial charge in [0.25, 0.3) is 0 Å².